The van der Waals surface area contributed by atoms with E-state index in [4.69, 9.17) is 5.73 Å². The Balaban J connectivity index is 1.68. The van der Waals surface area contributed by atoms with Crippen LogP contribution in [0.25, 0.3) is 0 Å². The summed E-state index contributed by atoms with van der Waals surface area (Å²) in [5.41, 5.74) is 8.75. The molecule has 8 nitrogen and oxygen atoms in total. The third kappa shape index (κ3) is 7.51. The second-order valence-electron chi connectivity index (χ2n) is 8.57. The van der Waals surface area contributed by atoms with Gasteiger partial charge in [0.15, 0.2) is 0 Å². The van der Waals surface area contributed by atoms with Gasteiger partial charge in [-0.2, -0.15) is 0 Å². The van der Waals surface area contributed by atoms with Gasteiger partial charge in [-0.3, -0.25) is 9.78 Å². The van der Waals surface area contributed by atoms with Crippen molar-refractivity contribution in [3.8, 4) is 0 Å². The monoisotopic (exact) mass is 478 g/mol. The maximum absolute atomic E-state index is 13.9. The summed E-state index contributed by atoms with van der Waals surface area (Å²) in [6, 6.07) is 14.6. The Hall–Kier alpha value is -3.98. The van der Waals surface area contributed by atoms with Crippen LogP contribution in [0.5, 0.6) is 0 Å². The van der Waals surface area contributed by atoms with Gasteiger partial charge in [0.25, 0.3) is 5.91 Å². The molecule has 0 atom stereocenters. The number of carbonyl (C=O) groups excluding carboxylic acids is 2. The largest absolute Gasteiger partial charge is 0.397 e. The number of nitrogens with one attached hydrogen (secondary N) is 2. The van der Waals surface area contributed by atoms with E-state index in [1.807, 2.05) is 19.0 Å². The Morgan fingerprint density at radius 2 is 1.80 bits per heavy atom. The van der Waals surface area contributed by atoms with E-state index in [0.29, 0.717) is 29.2 Å². The van der Waals surface area contributed by atoms with Crippen molar-refractivity contribution >= 4 is 29.0 Å². The van der Waals surface area contributed by atoms with E-state index in [1.165, 1.54) is 6.07 Å². The van der Waals surface area contributed by atoms with Crippen molar-refractivity contribution in [3.63, 3.8) is 0 Å². The zero-order valence-electron chi connectivity index (χ0n) is 20.2. The van der Waals surface area contributed by atoms with Crippen molar-refractivity contribution in [2.45, 2.75) is 19.9 Å². The number of halogens is 1. The molecule has 35 heavy (non-hydrogen) atoms. The molecular formula is C26H31FN6O2. The van der Waals surface area contributed by atoms with Gasteiger partial charge in [0.1, 0.15) is 11.5 Å². The summed E-state index contributed by atoms with van der Waals surface area (Å²) in [6.45, 7) is 3.26. The molecule has 0 spiro atoms. The molecule has 0 aliphatic heterocycles. The third-order valence-electron chi connectivity index (χ3n) is 5.38. The van der Waals surface area contributed by atoms with Crippen LogP contribution < -0.4 is 16.4 Å². The zero-order chi connectivity index (χ0) is 25.4. The average Bonchev–Trinajstić information content (AvgIpc) is 2.82. The number of amides is 3. The molecule has 0 aliphatic carbocycles. The Kier molecular flexibility index (Phi) is 8.74. The van der Waals surface area contributed by atoms with Crippen LogP contribution >= 0.6 is 0 Å². The zero-order valence-corrected chi connectivity index (χ0v) is 20.2. The number of hydrogen-bond acceptors (Lipinski definition) is 5. The van der Waals surface area contributed by atoms with Gasteiger partial charge in [0.05, 0.1) is 11.4 Å². The average molecular weight is 479 g/mol. The maximum atomic E-state index is 13.9. The Morgan fingerprint density at radius 3 is 2.46 bits per heavy atom. The van der Waals surface area contributed by atoms with Crippen LogP contribution in [0.1, 0.15) is 28.0 Å². The van der Waals surface area contributed by atoms with Gasteiger partial charge in [-0.25, -0.2) is 9.18 Å². The molecule has 3 rings (SSSR count). The number of carbonyl (C=O) groups is 2. The number of nitrogens with two attached hydrogens (primary N) is 1. The summed E-state index contributed by atoms with van der Waals surface area (Å²) in [6.07, 6.45) is 2.33. The van der Waals surface area contributed by atoms with Crippen LogP contribution in [0.15, 0.2) is 60.8 Å². The first-order valence-corrected chi connectivity index (χ1v) is 11.3. The Morgan fingerprint density at radius 1 is 1.03 bits per heavy atom. The van der Waals surface area contributed by atoms with E-state index in [-0.39, 0.29) is 30.0 Å². The molecule has 0 aliphatic rings. The number of nitrogens with zero attached hydrogens (tertiary/aromatic N) is 3. The smallest absolute Gasteiger partial charge is 0.322 e. The SMILES string of the molecule is Cc1ccc(NC(=O)N(CCCN(C)C)Cc2ccc(C(=O)Nc3ccccc3N)nc2)cc1F. The fourth-order valence-electron chi connectivity index (χ4n) is 3.37. The normalized spacial score (nSPS) is 10.8. The van der Waals surface area contributed by atoms with Crippen LogP contribution in [-0.4, -0.2) is 53.9 Å². The van der Waals surface area contributed by atoms with Gasteiger partial charge in [-0.05, 0) is 75.4 Å². The van der Waals surface area contributed by atoms with E-state index >= 15 is 0 Å². The van der Waals surface area contributed by atoms with E-state index < -0.39 is 0 Å². The number of nitrogen functional groups attached to an aromatic ring is 1. The van der Waals surface area contributed by atoms with Gasteiger partial charge in [-0.1, -0.05) is 24.3 Å². The van der Waals surface area contributed by atoms with Crippen LogP contribution in [0.2, 0.25) is 0 Å². The summed E-state index contributed by atoms with van der Waals surface area (Å²) in [5, 5.41) is 5.51. The highest BCUT2D eigenvalue weighted by molar-refractivity contribution is 6.04. The van der Waals surface area contributed by atoms with Crippen molar-refractivity contribution in [3.05, 3.63) is 83.4 Å². The van der Waals surface area contributed by atoms with Gasteiger partial charge in [0.2, 0.25) is 0 Å². The maximum Gasteiger partial charge on any atom is 0.322 e. The van der Waals surface area contributed by atoms with Crippen LogP contribution in [0.4, 0.5) is 26.2 Å². The number of benzene rings is 2. The summed E-state index contributed by atoms with van der Waals surface area (Å²) < 4.78 is 13.9. The topological polar surface area (TPSA) is 104 Å². The third-order valence-corrected chi connectivity index (χ3v) is 5.38. The van der Waals surface area contributed by atoms with Crippen molar-refractivity contribution in [1.29, 1.82) is 0 Å². The predicted octanol–water partition coefficient (Wildman–Crippen LogP) is 4.35. The lowest BCUT2D eigenvalue weighted by molar-refractivity contribution is 0.102. The predicted molar refractivity (Wildman–Crippen MR) is 137 cm³/mol. The number of urea groups is 1. The molecular weight excluding hydrogens is 447 g/mol. The molecule has 9 heteroatoms. The quantitative estimate of drug-likeness (QED) is 0.397. The molecule has 0 saturated carbocycles. The molecule has 1 aromatic heterocycles. The lowest BCUT2D eigenvalue weighted by Crippen LogP contribution is -2.36. The second kappa shape index (κ2) is 11.9. The number of pyridine rings is 1. The van der Waals surface area contributed by atoms with E-state index in [2.05, 4.69) is 15.6 Å². The summed E-state index contributed by atoms with van der Waals surface area (Å²) in [4.78, 5) is 33.5. The first-order chi connectivity index (χ1) is 16.7. The molecule has 0 radical (unpaired) electrons. The van der Waals surface area contributed by atoms with Crippen LogP contribution in [0, 0.1) is 12.7 Å². The molecule has 184 valence electrons. The Labute approximate surface area is 204 Å². The first-order valence-electron chi connectivity index (χ1n) is 11.3. The molecule has 3 amide bonds. The van der Waals surface area contributed by atoms with Crippen molar-refractivity contribution in [2.24, 2.45) is 0 Å². The number of para-hydroxylation sites is 2. The fraction of sp³-hybridized carbons (Fsp3) is 0.269. The van der Waals surface area contributed by atoms with Gasteiger partial charge >= 0.3 is 6.03 Å². The molecule has 0 fully saturated rings. The highest BCUT2D eigenvalue weighted by Crippen LogP contribution is 2.18. The minimum absolute atomic E-state index is 0.232. The molecule has 0 saturated heterocycles. The highest BCUT2D eigenvalue weighted by Gasteiger charge is 2.16. The molecule has 1 heterocycles. The minimum Gasteiger partial charge on any atom is -0.397 e. The molecule has 4 N–H and O–H groups in total. The van der Waals surface area contributed by atoms with Gasteiger partial charge in [-0.15, -0.1) is 0 Å². The van der Waals surface area contributed by atoms with E-state index in [0.717, 1.165) is 18.5 Å². The molecule has 3 aromatic rings. The summed E-state index contributed by atoms with van der Waals surface area (Å²) in [5.74, 6) is -0.756. The number of hydrogen-bond donors (Lipinski definition) is 3. The second-order valence-corrected chi connectivity index (χ2v) is 8.57. The number of anilines is 3. The lowest BCUT2D eigenvalue weighted by Gasteiger charge is -2.24. The highest BCUT2D eigenvalue weighted by atomic mass is 19.1. The van der Waals surface area contributed by atoms with Crippen LogP contribution in [-0.2, 0) is 6.54 Å². The van der Waals surface area contributed by atoms with Crippen molar-refractivity contribution < 1.29 is 14.0 Å². The van der Waals surface area contributed by atoms with Gasteiger partial charge < -0.3 is 26.2 Å². The first kappa shape index (κ1) is 25.6. The Bertz CT molecular complexity index is 1170. The standard InChI is InChI=1S/C26H31FN6O2/c1-18-9-11-20(15-21(18)27)30-26(35)33(14-6-13-32(2)3)17-19-10-12-24(29-16-19)25(34)31-23-8-5-4-7-22(23)28/h4-5,7-12,15-16H,6,13-14,17,28H2,1-3H3,(H,30,35)(H,31,34). The molecule has 0 bridgehead atoms. The van der Waals surface area contributed by atoms with Crippen molar-refractivity contribution in [2.75, 3.05) is 43.6 Å². The number of rotatable bonds is 9. The fourth-order valence-corrected chi connectivity index (χ4v) is 3.37. The summed E-state index contributed by atoms with van der Waals surface area (Å²) in [7, 11) is 3.94. The van der Waals surface area contributed by atoms with Gasteiger partial charge in [0, 0.05) is 25.0 Å². The van der Waals surface area contributed by atoms with Crippen LogP contribution in [0.3, 0.4) is 0 Å². The molecule has 0 unspecified atom stereocenters. The number of aryl methyl sites for hydroxylation is 1. The number of aromatic nitrogens is 1. The summed E-state index contributed by atoms with van der Waals surface area (Å²) >= 11 is 0. The van der Waals surface area contributed by atoms with Crippen molar-refractivity contribution in [1.82, 2.24) is 14.8 Å². The lowest BCUT2D eigenvalue weighted by atomic mass is 10.2. The van der Waals surface area contributed by atoms with E-state index in [1.54, 1.807) is 66.6 Å². The minimum atomic E-state index is -0.378. The van der Waals surface area contributed by atoms with E-state index in [9.17, 15) is 14.0 Å². The molecule has 2 aromatic carbocycles.